The zero-order valence-electron chi connectivity index (χ0n) is 11.4. The normalized spacial score (nSPS) is 16.8. The van der Waals surface area contributed by atoms with E-state index >= 15 is 0 Å². The maximum atomic E-state index is 13.9. The van der Waals surface area contributed by atoms with Crippen LogP contribution in [0.2, 0.25) is 4.34 Å². The van der Waals surface area contributed by atoms with Crippen LogP contribution in [0, 0.1) is 12.7 Å². The lowest BCUT2D eigenvalue weighted by Gasteiger charge is -2.17. The molecule has 0 saturated heterocycles. The van der Waals surface area contributed by atoms with Crippen molar-refractivity contribution in [1.29, 1.82) is 0 Å². The Kier molecular flexibility index (Phi) is 3.63. The summed E-state index contributed by atoms with van der Waals surface area (Å²) >= 11 is 7.62. The van der Waals surface area contributed by atoms with Gasteiger partial charge in [-0.25, -0.2) is 4.39 Å². The van der Waals surface area contributed by atoms with E-state index < -0.39 is 11.7 Å². The van der Waals surface area contributed by atoms with Crippen LogP contribution in [-0.4, -0.2) is 5.91 Å². The zero-order chi connectivity index (χ0) is 15.1. The van der Waals surface area contributed by atoms with Crippen LogP contribution < -0.4 is 11.1 Å². The predicted molar refractivity (Wildman–Crippen MR) is 83.7 cm³/mol. The van der Waals surface area contributed by atoms with Crippen molar-refractivity contribution >= 4 is 34.5 Å². The molecule has 3 N–H and O–H groups in total. The number of rotatable bonds is 3. The van der Waals surface area contributed by atoms with Crippen LogP contribution in [0.15, 0.2) is 18.2 Å². The summed E-state index contributed by atoms with van der Waals surface area (Å²) < 4.78 is 14.7. The van der Waals surface area contributed by atoms with E-state index in [4.69, 9.17) is 17.3 Å². The van der Waals surface area contributed by atoms with Crippen molar-refractivity contribution < 1.29 is 9.18 Å². The lowest BCUT2D eigenvalue weighted by molar-refractivity contribution is 0.1000. The third kappa shape index (κ3) is 2.63. The molecule has 0 aliphatic heterocycles. The maximum Gasteiger partial charge on any atom is 0.248 e. The number of halogens is 2. The third-order valence-corrected chi connectivity index (χ3v) is 5.15. The molecule has 2 aromatic rings. The Morgan fingerprint density at radius 3 is 2.95 bits per heavy atom. The smallest absolute Gasteiger partial charge is 0.248 e. The molecule has 110 valence electrons. The van der Waals surface area contributed by atoms with E-state index in [2.05, 4.69) is 5.32 Å². The molecule has 0 spiro atoms. The molecule has 0 fully saturated rings. The summed E-state index contributed by atoms with van der Waals surface area (Å²) in [6.45, 7) is 1.68. The first-order valence-corrected chi connectivity index (χ1v) is 7.79. The van der Waals surface area contributed by atoms with Crippen molar-refractivity contribution in [1.82, 2.24) is 0 Å². The summed E-state index contributed by atoms with van der Waals surface area (Å²) in [6.07, 6.45) is 1.89. The predicted octanol–water partition coefficient (Wildman–Crippen LogP) is 4.05. The molecule has 1 unspecified atom stereocenters. The van der Waals surface area contributed by atoms with Gasteiger partial charge >= 0.3 is 0 Å². The van der Waals surface area contributed by atoms with E-state index in [1.54, 1.807) is 24.3 Å². The van der Waals surface area contributed by atoms with Crippen LogP contribution in [0.5, 0.6) is 0 Å². The minimum absolute atomic E-state index is 0.0879. The number of hydrogen-bond donors (Lipinski definition) is 2. The topological polar surface area (TPSA) is 55.1 Å². The van der Waals surface area contributed by atoms with Crippen LogP contribution in [0.4, 0.5) is 10.1 Å². The second-order valence-electron chi connectivity index (χ2n) is 5.16. The van der Waals surface area contributed by atoms with Crippen molar-refractivity contribution in [2.75, 3.05) is 5.32 Å². The highest BCUT2D eigenvalue weighted by Crippen LogP contribution is 2.41. The first kappa shape index (κ1) is 14.4. The van der Waals surface area contributed by atoms with Crippen LogP contribution >= 0.6 is 22.9 Å². The van der Waals surface area contributed by atoms with Gasteiger partial charge in [-0.15, -0.1) is 11.3 Å². The van der Waals surface area contributed by atoms with Gasteiger partial charge in [-0.3, -0.25) is 4.79 Å². The summed E-state index contributed by atoms with van der Waals surface area (Å²) in [5, 5.41) is 3.32. The van der Waals surface area contributed by atoms with Gasteiger partial charge in [-0.05, 0) is 43.5 Å². The van der Waals surface area contributed by atoms with Gasteiger partial charge in [0.2, 0.25) is 5.91 Å². The van der Waals surface area contributed by atoms with Crippen molar-refractivity contribution in [3.8, 4) is 0 Å². The number of carbonyl (C=O) groups excluding carboxylic acids is 1. The van der Waals surface area contributed by atoms with Crippen LogP contribution in [0.25, 0.3) is 0 Å². The van der Waals surface area contributed by atoms with Gasteiger partial charge in [0, 0.05) is 21.7 Å². The zero-order valence-corrected chi connectivity index (χ0v) is 12.9. The SMILES string of the molecule is Cc1c(F)cc(C(N)=O)cc1NC1CCc2sc(Cl)cc21. The van der Waals surface area contributed by atoms with E-state index in [1.165, 1.54) is 10.9 Å². The Balaban J connectivity index is 1.93. The first-order chi connectivity index (χ1) is 9.95. The molecule has 3 nitrogen and oxygen atoms in total. The van der Waals surface area contributed by atoms with E-state index in [9.17, 15) is 9.18 Å². The molecule has 1 aliphatic carbocycles. The number of fused-ring (bicyclic) bond motifs is 1. The highest BCUT2D eigenvalue weighted by molar-refractivity contribution is 7.16. The van der Waals surface area contributed by atoms with Gasteiger partial charge in [0.15, 0.2) is 0 Å². The standard InChI is InChI=1S/C15H14ClFN2OS/c1-7-10(17)4-8(15(18)20)5-12(7)19-11-2-3-13-9(11)6-14(16)21-13/h4-6,11,19H,2-3H2,1H3,(H2,18,20). The molecule has 0 saturated carbocycles. The lowest BCUT2D eigenvalue weighted by Crippen LogP contribution is -2.14. The Labute approximate surface area is 130 Å². The number of aryl methyl sites for hydroxylation is 1. The average Bonchev–Trinajstić information content (AvgIpc) is 2.95. The molecular formula is C15H14ClFN2OS. The van der Waals surface area contributed by atoms with Gasteiger partial charge in [0.25, 0.3) is 0 Å². The van der Waals surface area contributed by atoms with E-state index in [-0.39, 0.29) is 11.6 Å². The molecular weight excluding hydrogens is 311 g/mol. The molecule has 0 radical (unpaired) electrons. The third-order valence-electron chi connectivity index (χ3n) is 3.81. The Morgan fingerprint density at radius 2 is 2.24 bits per heavy atom. The van der Waals surface area contributed by atoms with Crippen LogP contribution in [-0.2, 0) is 6.42 Å². The number of benzene rings is 1. The van der Waals surface area contributed by atoms with Gasteiger partial charge < -0.3 is 11.1 Å². The molecule has 1 heterocycles. The van der Waals surface area contributed by atoms with Crippen LogP contribution in [0.3, 0.4) is 0 Å². The summed E-state index contributed by atoms with van der Waals surface area (Å²) in [7, 11) is 0. The Morgan fingerprint density at radius 1 is 1.48 bits per heavy atom. The monoisotopic (exact) mass is 324 g/mol. The van der Waals surface area contributed by atoms with E-state index in [0.717, 1.165) is 22.7 Å². The first-order valence-electron chi connectivity index (χ1n) is 6.60. The number of carbonyl (C=O) groups is 1. The number of thiophene rings is 1. The highest BCUT2D eigenvalue weighted by Gasteiger charge is 2.26. The van der Waals surface area contributed by atoms with Gasteiger partial charge in [0.05, 0.1) is 10.4 Å². The van der Waals surface area contributed by atoms with Gasteiger partial charge in [0.1, 0.15) is 5.82 Å². The number of nitrogens with two attached hydrogens (primary N) is 1. The van der Waals surface area contributed by atoms with Crippen molar-refractivity contribution in [3.05, 3.63) is 49.9 Å². The molecule has 6 heteroatoms. The van der Waals surface area contributed by atoms with E-state index in [0.29, 0.717) is 11.3 Å². The quantitative estimate of drug-likeness (QED) is 0.895. The van der Waals surface area contributed by atoms with Crippen molar-refractivity contribution in [2.45, 2.75) is 25.8 Å². The van der Waals surface area contributed by atoms with Gasteiger partial charge in [-0.1, -0.05) is 11.6 Å². The minimum Gasteiger partial charge on any atom is -0.378 e. The summed E-state index contributed by atoms with van der Waals surface area (Å²) in [5.74, 6) is -1.07. The second kappa shape index (κ2) is 5.31. The number of primary amides is 1. The molecule has 0 bridgehead atoms. The molecule has 21 heavy (non-hydrogen) atoms. The fourth-order valence-corrected chi connectivity index (χ4v) is 4.00. The molecule has 1 aromatic carbocycles. The fourth-order valence-electron chi connectivity index (χ4n) is 2.64. The highest BCUT2D eigenvalue weighted by atomic mass is 35.5. The maximum absolute atomic E-state index is 13.9. The number of anilines is 1. The number of amides is 1. The van der Waals surface area contributed by atoms with Gasteiger partial charge in [-0.2, -0.15) is 0 Å². The van der Waals surface area contributed by atoms with Crippen LogP contribution in [0.1, 0.15) is 38.8 Å². The average molecular weight is 325 g/mol. The van der Waals surface area contributed by atoms with Crippen molar-refractivity contribution in [2.24, 2.45) is 5.73 Å². The number of nitrogens with one attached hydrogen (secondary N) is 1. The number of hydrogen-bond acceptors (Lipinski definition) is 3. The summed E-state index contributed by atoms with van der Waals surface area (Å²) in [5.41, 5.74) is 7.65. The minimum atomic E-state index is -0.636. The Hall–Kier alpha value is -1.59. The molecule has 1 amide bonds. The fraction of sp³-hybridized carbons (Fsp3) is 0.267. The second-order valence-corrected chi connectivity index (χ2v) is 6.93. The lowest BCUT2D eigenvalue weighted by atomic mass is 10.1. The summed E-state index contributed by atoms with van der Waals surface area (Å²) in [6, 6.07) is 4.82. The van der Waals surface area contributed by atoms with E-state index in [1.807, 2.05) is 6.07 Å². The molecule has 1 aliphatic rings. The summed E-state index contributed by atoms with van der Waals surface area (Å²) in [4.78, 5) is 12.5. The molecule has 1 atom stereocenters. The molecule has 3 rings (SSSR count). The Bertz CT molecular complexity index is 729. The molecule has 1 aromatic heterocycles. The largest absolute Gasteiger partial charge is 0.378 e. The van der Waals surface area contributed by atoms with Crippen molar-refractivity contribution in [3.63, 3.8) is 0 Å².